The number of rotatable bonds is 9. The molecule has 9 rings (SSSR count). The number of carbonyl (C=O) groups is 4. The van der Waals surface area contributed by atoms with Gasteiger partial charge in [0.05, 0.1) is 30.1 Å². The highest BCUT2D eigenvalue weighted by atomic mass is 35.5. The van der Waals surface area contributed by atoms with E-state index in [2.05, 4.69) is 21.9 Å². The highest BCUT2D eigenvalue weighted by Crippen LogP contribution is 2.47. The number of nitrogens with one attached hydrogen (secondary N) is 3. The van der Waals surface area contributed by atoms with E-state index in [1.54, 1.807) is 23.1 Å². The summed E-state index contributed by atoms with van der Waals surface area (Å²) in [6, 6.07) is 2.91. The first-order valence-corrected chi connectivity index (χ1v) is 24.5. The van der Waals surface area contributed by atoms with E-state index in [0.717, 1.165) is 37.0 Å². The van der Waals surface area contributed by atoms with E-state index in [9.17, 15) is 27.6 Å². The van der Waals surface area contributed by atoms with Gasteiger partial charge in [-0.1, -0.05) is 48.7 Å². The van der Waals surface area contributed by atoms with Gasteiger partial charge < -0.3 is 29.9 Å². The second-order valence-electron chi connectivity index (χ2n) is 17.6. The number of allylic oxidation sites excluding steroid dienone is 1. The van der Waals surface area contributed by atoms with Gasteiger partial charge >= 0.3 is 6.03 Å². The van der Waals surface area contributed by atoms with Gasteiger partial charge in [-0.25, -0.2) is 23.2 Å². The zero-order valence-electron chi connectivity index (χ0n) is 34.7. The molecule has 3 N–H and O–H groups in total. The van der Waals surface area contributed by atoms with Crippen molar-refractivity contribution in [1.29, 1.82) is 0 Å². The lowest BCUT2D eigenvalue weighted by molar-refractivity contribution is -0.141. The van der Waals surface area contributed by atoms with Crippen LogP contribution in [0.4, 0.5) is 4.79 Å². The van der Waals surface area contributed by atoms with Crippen molar-refractivity contribution in [2.75, 3.05) is 26.7 Å². The standard InChI is InChI=1S/C44H52ClN7O8S2/c1-25-16-18-51(19-17-25)43(56)48-31-9-7-5-3-4-6-8-27-22-44(27,42(55)50-62(57,58)29-12-13-29)49-39(53)34-20-28(23-52(34)41(31)54)60-36-21-32(40-47-33(24-61-40)26-10-11-26)46-38-30(36)14-15-35(59-2)37(38)45/h6,8,14-15,21,24,26-29,31,34H,1,3-5,7,9-13,16-20,22-23H2,2H3,(H,48,56)(H,49,53)(H,50,55). The number of urea groups is 1. The average Bonchev–Trinajstić information content (AvgIpc) is 4.21. The number of aromatic nitrogens is 2. The maximum atomic E-state index is 14.9. The Morgan fingerprint density at radius 1 is 1.05 bits per heavy atom. The highest BCUT2D eigenvalue weighted by Gasteiger charge is 2.62. The summed E-state index contributed by atoms with van der Waals surface area (Å²) in [5, 5.41) is 8.94. The van der Waals surface area contributed by atoms with Gasteiger partial charge in [-0.3, -0.25) is 19.1 Å². The number of ether oxygens (including phenoxy) is 2. The zero-order chi connectivity index (χ0) is 43.3. The summed E-state index contributed by atoms with van der Waals surface area (Å²) in [6.07, 6.45) is 11.1. The van der Waals surface area contributed by atoms with Crippen LogP contribution in [0.5, 0.6) is 11.5 Å². The second-order valence-corrected chi connectivity index (χ2v) is 20.8. The molecule has 6 aliphatic rings. The van der Waals surface area contributed by atoms with Crippen molar-refractivity contribution < 1.29 is 37.1 Å². The molecule has 5 amide bonds. The van der Waals surface area contributed by atoms with Crippen LogP contribution in [0.25, 0.3) is 21.6 Å². The van der Waals surface area contributed by atoms with Gasteiger partial charge in [0.15, 0.2) is 0 Å². The molecule has 1 aromatic carbocycles. The van der Waals surface area contributed by atoms with Crippen LogP contribution in [0.2, 0.25) is 5.02 Å². The minimum atomic E-state index is -3.92. The van der Waals surface area contributed by atoms with Crippen molar-refractivity contribution >= 4 is 67.6 Å². The van der Waals surface area contributed by atoms with Crippen LogP contribution in [0.1, 0.15) is 95.1 Å². The summed E-state index contributed by atoms with van der Waals surface area (Å²) in [6.45, 7) is 5.02. The van der Waals surface area contributed by atoms with Gasteiger partial charge in [-0.2, -0.15) is 0 Å². The normalized spacial score (nSPS) is 27.1. The SMILES string of the molecule is C=C1CCN(C(=O)NC2CCCCCC=CC3CC3(C(=O)NS(=O)(=O)C3CC3)NC(=O)C3CC(Oc4cc(-c5nc(C6CC6)cs5)nc5c(Cl)c(OC)ccc45)CN3C2=O)CC1. The molecule has 3 aliphatic carbocycles. The summed E-state index contributed by atoms with van der Waals surface area (Å²) < 4.78 is 40.6. The van der Waals surface area contributed by atoms with Crippen molar-refractivity contribution in [2.45, 2.75) is 118 Å². The third-order valence-corrected chi connectivity index (χ3v) is 16.1. The molecule has 18 heteroatoms. The Labute approximate surface area is 370 Å². The van der Waals surface area contributed by atoms with E-state index < -0.39 is 62.6 Å². The number of thiazole rings is 1. The number of pyridine rings is 1. The maximum Gasteiger partial charge on any atom is 0.318 e. The van der Waals surface area contributed by atoms with E-state index >= 15 is 0 Å². The zero-order valence-corrected chi connectivity index (χ0v) is 37.1. The lowest BCUT2D eigenvalue weighted by atomic mass is 10.0. The molecule has 2 aromatic heterocycles. The van der Waals surface area contributed by atoms with Gasteiger partial charge in [-0.05, 0) is 76.3 Å². The molecule has 62 heavy (non-hydrogen) atoms. The van der Waals surface area contributed by atoms with Crippen LogP contribution >= 0.6 is 22.9 Å². The fourth-order valence-corrected chi connectivity index (χ4v) is 11.3. The number of hydrogen-bond acceptors (Lipinski definition) is 11. The van der Waals surface area contributed by atoms with Crippen LogP contribution in [-0.2, 0) is 24.4 Å². The van der Waals surface area contributed by atoms with E-state index in [0.29, 0.717) is 102 Å². The van der Waals surface area contributed by atoms with Gasteiger partial charge in [0, 0.05) is 48.2 Å². The number of fused-ring (bicyclic) bond motifs is 3. The minimum absolute atomic E-state index is 0.0163. The molecule has 0 bridgehead atoms. The van der Waals surface area contributed by atoms with Gasteiger partial charge in [0.2, 0.25) is 21.8 Å². The summed E-state index contributed by atoms with van der Waals surface area (Å²) >= 11 is 8.36. The monoisotopic (exact) mass is 905 g/mol. The number of carbonyl (C=O) groups excluding carboxylic acids is 4. The number of piperidine rings is 1. The van der Waals surface area contributed by atoms with Gasteiger partial charge in [0.25, 0.3) is 5.91 Å². The molecule has 3 aliphatic heterocycles. The molecule has 15 nitrogen and oxygen atoms in total. The Morgan fingerprint density at radius 3 is 2.58 bits per heavy atom. The molecule has 5 atom stereocenters. The highest BCUT2D eigenvalue weighted by molar-refractivity contribution is 7.91. The molecule has 330 valence electrons. The smallest absolute Gasteiger partial charge is 0.318 e. The molecule has 5 fully saturated rings. The molecule has 2 saturated heterocycles. The Morgan fingerprint density at radius 2 is 1.84 bits per heavy atom. The Balaban J connectivity index is 1.05. The quantitative estimate of drug-likeness (QED) is 0.216. The first-order chi connectivity index (χ1) is 29.8. The van der Waals surface area contributed by atoms with Crippen LogP contribution in [0, 0.1) is 5.92 Å². The summed E-state index contributed by atoms with van der Waals surface area (Å²) in [5.41, 5.74) is 1.56. The van der Waals surface area contributed by atoms with Crippen LogP contribution in [0.3, 0.4) is 0 Å². The van der Waals surface area contributed by atoms with E-state index in [-0.39, 0.29) is 25.4 Å². The molecule has 0 spiro atoms. The fourth-order valence-electron chi connectivity index (χ4n) is 8.84. The number of amides is 5. The van der Waals surface area contributed by atoms with E-state index in [1.807, 2.05) is 17.5 Å². The molecule has 3 saturated carbocycles. The molecule has 5 heterocycles. The maximum absolute atomic E-state index is 14.9. The van der Waals surface area contributed by atoms with E-state index in [4.69, 9.17) is 31.0 Å². The minimum Gasteiger partial charge on any atom is -0.495 e. The lowest BCUT2D eigenvalue weighted by Crippen LogP contribution is -2.59. The summed E-state index contributed by atoms with van der Waals surface area (Å²) in [4.78, 5) is 70.2. The molecular weight excluding hydrogens is 854 g/mol. The van der Waals surface area contributed by atoms with Crippen LogP contribution in [0.15, 0.2) is 47.9 Å². The van der Waals surface area contributed by atoms with Crippen LogP contribution < -0.4 is 24.8 Å². The average molecular weight is 907 g/mol. The Kier molecular flexibility index (Phi) is 11.7. The number of halogens is 1. The summed E-state index contributed by atoms with van der Waals surface area (Å²) in [5.74, 6) is -0.989. The lowest BCUT2D eigenvalue weighted by Gasteiger charge is -2.32. The predicted molar refractivity (Wildman–Crippen MR) is 234 cm³/mol. The second kappa shape index (κ2) is 17.1. The first kappa shape index (κ1) is 42.6. The van der Waals surface area contributed by atoms with Crippen LogP contribution in [-0.4, -0.2) is 108 Å². The van der Waals surface area contributed by atoms with Crippen molar-refractivity contribution in [3.63, 3.8) is 0 Å². The predicted octanol–water partition coefficient (Wildman–Crippen LogP) is 5.98. The van der Waals surface area contributed by atoms with Crippen molar-refractivity contribution in [2.24, 2.45) is 5.92 Å². The molecule has 5 unspecified atom stereocenters. The van der Waals surface area contributed by atoms with E-state index in [1.165, 1.54) is 23.3 Å². The van der Waals surface area contributed by atoms with Crippen molar-refractivity contribution in [3.8, 4) is 22.2 Å². The Hall–Kier alpha value is -4.74. The third kappa shape index (κ3) is 8.76. The van der Waals surface area contributed by atoms with Gasteiger partial charge in [-0.15, -0.1) is 11.3 Å². The number of sulfonamides is 1. The molecular formula is C44H52ClN7O8S2. The number of likely N-dealkylation sites (tertiary alicyclic amines) is 1. The Bertz CT molecular complexity index is 2440. The largest absolute Gasteiger partial charge is 0.495 e. The third-order valence-electron chi connectivity index (χ3n) is 13.0. The number of benzene rings is 1. The number of hydrogen-bond donors (Lipinski definition) is 3. The molecule has 3 aromatic rings. The van der Waals surface area contributed by atoms with Crippen molar-refractivity contribution in [1.82, 2.24) is 35.1 Å². The summed E-state index contributed by atoms with van der Waals surface area (Å²) in [7, 11) is -2.39. The topological polar surface area (TPSA) is 189 Å². The molecule has 0 radical (unpaired) electrons. The number of nitrogens with zero attached hydrogens (tertiary/aromatic N) is 4. The van der Waals surface area contributed by atoms with Gasteiger partial charge in [0.1, 0.15) is 50.9 Å². The fraction of sp³-hybridized carbons (Fsp3) is 0.545. The van der Waals surface area contributed by atoms with Crippen molar-refractivity contribution in [3.05, 3.63) is 58.6 Å². The first-order valence-electron chi connectivity index (χ1n) is 21.7. The number of methoxy groups -OCH3 is 1.